The first-order chi connectivity index (χ1) is 6.77. The van der Waals surface area contributed by atoms with Crippen molar-refractivity contribution in [3.8, 4) is 12.3 Å². The first-order valence-electron chi connectivity index (χ1n) is 4.30. The average Bonchev–Trinajstić information content (AvgIpc) is 2.51. The number of terminal acetylenes is 1. The Morgan fingerprint density at radius 3 is 2.60 bits per heavy atom. The third kappa shape index (κ3) is 2.81. The Hall–Kier alpha value is -1.32. The molecule has 0 unspecified atom stereocenters. The summed E-state index contributed by atoms with van der Waals surface area (Å²) in [5, 5.41) is 0.0170. The molecule has 0 aromatic carbocycles. The van der Waals surface area contributed by atoms with Gasteiger partial charge in [-0.3, -0.25) is 0 Å². The number of aryl methyl sites for hydroxylation is 1. The summed E-state index contributed by atoms with van der Waals surface area (Å²) < 4.78 is 25.9. The van der Waals surface area contributed by atoms with Crippen LogP contribution in [0.4, 0.5) is 0 Å². The Labute approximate surface area is 89.4 Å². The van der Waals surface area contributed by atoms with Gasteiger partial charge in [-0.1, -0.05) is 5.92 Å². The summed E-state index contributed by atoms with van der Waals surface area (Å²) >= 11 is 0. The van der Waals surface area contributed by atoms with E-state index in [1.807, 2.05) is 0 Å². The molecule has 1 aromatic rings. The zero-order valence-electron chi connectivity index (χ0n) is 8.83. The Bertz CT molecular complexity index is 494. The zero-order chi connectivity index (χ0) is 11.7. The van der Waals surface area contributed by atoms with Crippen molar-refractivity contribution in [1.29, 1.82) is 0 Å². The molecule has 1 heterocycles. The minimum Gasteiger partial charge on any atom is -0.332 e. The van der Waals surface area contributed by atoms with Gasteiger partial charge in [-0.15, -0.1) is 6.42 Å². The van der Waals surface area contributed by atoms with Crippen LogP contribution in [0.15, 0.2) is 11.2 Å². The zero-order valence-corrected chi connectivity index (χ0v) is 9.64. The molecule has 82 valence electrons. The van der Waals surface area contributed by atoms with Crippen molar-refractivity contribution in [2.75, 3.05) is 0 Å². The molecule has 1 rings (SSSR count). The molecule has 0 aliphatic heterocycles. The van der Waals surface area contributed by atoms with E-state index in [0.717, 1.165) is 0 Å². The Morgan fingerprint density at radius 2 is 2.20 bits per heavy atom. The van der Waals surface area contributed by atoms with Gasteiger partial charge in [-0.25, -0.2) is 13.4 Å². The van der Waals surface area contributed by atoms with Crippen molar-refractivity contribution < 1.29 is 8.42 Å². The van der Waals surface area contributed by atoms with E-state index < -0.39 is 15.6 Å². The molecule has 6 heteroatoms. The van der Waals surface area contributed by atoms with Gasteiger partial charge in [0.25, 0.3) is 10.0 Å². The van der Waals surface area contributed by atoms with Crippen LogP contribution in [0.1, 0.15) is 19.7 Å². The molecule has 0 saturated carbocycles. The van der Waals surface area contributed by atoms with Crippen molar-refractivity contribution in [2.45, 2.75) is 31.3 Å². The first-order valence-corrected chi connectivity index (χ1v) is 5.78. The molecule has 0 amide bonds. The van der Waals surface area contributed by atoms with Gasteiger partial charge in [0, 0.05) is 0 Å². The molecule has 5 nitrogen and oxygen atoms in total. The number of hydrogen-bond acceptors (Lipinski definition) is 3. The van der Waals surface area contributed by atoms with Crippen LogP contribution in [0.5, 0.6) is 0 Å². The summed E-state index contributed by atoms with van der Waals surface area (Å²) in [6.07, 6.45) is 6.45. The summed E-state index contributed by atoms with van der Waals surface area (Å²) in [5.41, 5.74) is -0.919. The highest BCUT2D eigenvalue weighted by atomic mass is 32.2. The fourth-order valence-electron chi connectivity index (χ4n) is 0.955. The Morgan fingerprint density at radius 1 is 1.60 bits per heavy atom. The number of aromatic amines is 1. The maximum Gasteiger partial charge on any atom is 0.258 e. The molecule has 0 saturated heterocycles. The van der Waals surface area contributed by atoms with Crippen molar-refractivity contribution in [3.63, 3.8) is 0 Å². The number of imidazole rings is 1. The van der Waals surface area contributed by atoms with Crippen LogP contribution in [-0.4, -0.2) is 23.9 Å². The third-order valence-corrected chi connectivity index (χ3v) is 3.28. The summed E-state index contributed by atoms with van der Waals surface area (Å²) in [6.45, 7) is 4.88. The molecule has 0 radical (unpaired) electrons. The van der Waals surface area contributed by atoms with Gasteiger partial charge in [0.1, 0.15) is 5.82 Å². The Balaban J connectivity index is 3.01. The van der Waals surface area contributed by atoms with E-state index in [1.165, 1.54) is 6.20 Å². The van der Waals surface area contributed by atoms with E-state index in [1.54, 1.807) is 20.8 Å². The fraction of sp³-hybridized carbons (Fsp3) is 0.444. The van der Waals surface area contributed by atoms with Gasteiger partial charge in [0.2, 0.25) is 0 Å². The minimum atomic E-state index is -3.62. The second-order valence-corrected chi connectivity index (χ2v) is 5.36. The highest BCUT2D eigenvalue weighted by molar-refractivity contribution is 7.89. The second-order valence-electron chi connectivity index (χ2n) is 3.71. The van der Waals surface area contributed by atoms with Gasteiger partial charge >= 0.3 is 0 Å². The van der Waals surface area contributed by atoms with Gasteiger partial charge in [-0.05, 0) is 20.8 Å². The first kappa shape index (κ1) is 11.8. The molecule has 0 fully saturated rings. The van der Waals surface area contributed by atoms with E-state index in [4.69, 9.17) is 6.42 Å². The number of aromatic nitrogens is 2. The predicted molar refractivity (Wildman–Crippen MR) is 56.6 cm³/mol. The van der Waals surface area contributed by atoms with Crippen molar-refractivity contribution in [1.82, 2.24) is 14.7 Å². The number of hydrogen-bond donors (Lipinski definition) is 2. The topological polar surface area (TPSA) is 74.8 Å². The maximum absolute atomic E-state index is 11.7. The molecule has 0 bridgehead atoms. The summed E-state index contributed by atoms with van der Waals surface area (Å²) in [5.74, 6) is 2.89. The Kier molecular flexibility index (Phi) is 2.88. The predicted octanol–water partition coefficient (Wildman–Crippen LogP) is 0.408. The van der Waals surface area contributed by atoms with Gasteiger partial charge < -0.3 is 4.98 Å². The standard InChI is InChI=1S/C9H13N3O2S/c1-5-9(3,4)12-15(13,14)8-6-10-7(2)11-8/h1,6,12H,2-4H3,(H,10,11). The lowest BCUT2D eigenvalue weighted by Crippen LogP contribution is -2.42. The SMILES string of the molecule is C#CC(C)(C)NS(=O)(=O)c1cnc(C)[nH]1. The van der Waals surface area contributed by atoms with Gasteiger partial charge in [0.05, 0.1) is 11.7 Å². The molecule has 1 aromatic heterocycles. The van der Waals surface area contributed by atoms with E-state index >= 15 is 0 Å². The molecule has 0 spiro atoms. The third-order valence-electron chi connectivity index (χ3n) is 1.72. The largest absolute Gasteiger partial charge is 0.332 e. The maximum atomic E-state index is 11.7. The highest BCUT2D eigenvalue weighted by Crippen LogP contribution is 2.09. The van der Waals surface area contributed by atoms with E-state index in [2.05, 4.69) is 20.6 Å². The molecule has 2 N–H and O–H groups in total. The molecular formula is C9H13N3O2S. The number of sulfonamides is 1. The number of rotatable bonds is 3. The van der Waals surface area contributed by atoms with Crippen LogP contribution in [0, 0.1) is 19.3 Å². The lowest BCUT2D eigenvalue weighted by atomic mass is 10.1. The minimum absolute atomic E-state index is 0.0170. The number of nitrogens with one attached hydrogen (secondary N) is 2. The normalized spacial score (nSPS) is 12.4. The van der Waals surface area contributed by atoms with Gasteiger partial charge in [0.15, 0.2) is 5.03 Å². The molecule has 15 heavy (non-hydrogen) atoms. The van der Waals surface area contributed by atoms with Crippen LogP contribution < -0.4 is 4.72 Å². The molecular weight excluding hydrogens is 214 g/mol. The monoisotopic (exact) mass is 227 g/mol. The van der Waals surface area contributed by atoms with Gasteiger partial charge in [-0.2, -0.15) is 4.72 Å². The molecule has 0 aliphatic rings. The average molecular weight is 227 g/mol. The lowest BCUT2D eigenvalue weighted by molar-refractivity contribution is 0.536. The summed E-state index contributed by atoms with van der Waals surface area (Å²) in [4.78, 5) is 6.45. The van der Waals surface area contributed by atoms with E-state index in [0.29, 0.717) is 5.82 Å². The summed E-state index contributed by atoms with van der Waals surface area (Å²) in [6, 6.07) is 0. The van der Waals surface area contributed by atoms with Crippen LogP contribution in [-0.2, 0) is 10.0 Å². The van der Waals surface area contributed by atoms with Crippen LogP contribution >= 0.6 is 0 Å². The molecule has 0 atom stereocenters. The van der Waals surface area contributed by atoms with Crippen LogP contribution in [0.3, 0.4) is 0 Å². The number of H-pyrrole nitrogens is 1. The van der Waals surface area contributed by atoms with Crippen molar-refractivity contribution >= 4 is 10.0 Å². The quantitative estimate of drug-likeness (QED) is 0.734. The van der Waals surface area contributed by atoms with E-state index in [9.17, 15) is 8.42 Å². The van der Waals surface area contributed by atoms with Crippen LogP contribution in [0.25, 0.3) is 0 Å². The highest BCUT2D eigenvalue weighted by Gasteiger charge is 2.25. The second kappa shape index (κ2) is 3.68. The van der Waals surface area contributed by atoms with Crippen LogP contribution in [0.2, 0.25) is 0 Å². The number of nitrogens with zero attached hydrogens (tertiary/aromatic N) is 1. The van der Waals surface area contributed by atoms with Crippen molar-refractivity contribution in [2.24, 2.45) is 0 Å². The van der Waals surface area contributed by atoms with Crippen molar-refractivity contribution in [3.05, 3.63) is 12.0 Å². The lowest BCUT2D eigenvalue weighted by Gasteiger charge is -2.18. The summed E-state index contributed by atoms with van der Waals surface area (Å²) in [7, 11) is -3.62. The fourth-order valence-corrected chi connectivity index (χ4v) is 2.27. The molecule has 0 aliphatic carbocycles. The van der Waals surface area contributed by atoms with E-state index in [-0.39, 0.29) is 5.03 Å². The smallest absolute Gasteiger partial charge is 0.258 e.